The minimum Gasteiger partial charge on any atom is -0.486 e. The molecule has 0 radical (unpaired) electrons. The molecule has 1 aliphatic heterocycles. The molecule has 0 bridgehead atoms. The Kier molecular flexibility index (Phi) is 3.30. The molecule has 0 spiro atoms. The fraction of sp³-hybridized carbons (Fsp3) is 0.500. The molecule has 1 aromatic carbocycles. The number of ether oxygens (including phenoxy) is 1. The van der Waals surface area contributed by atoms with Gasteiger partial charge in [-0.15, -0.1) is 0 Å². The van der Waals surface area contributed by atoms with Gasteiger partial charge in [-0.25, -0.2) is 0 Å². The normalized spacial score (nSPS) is 23.5. The standard InChI is InChI=1S/C14H17BrO2/c1-9(2)7-14(3)8-12(16)11-6-10(15)4-5-13(11)17-14/h4-6,9H,7-8H2,1-3H3. The van der Waals surface area contributed by atoms with Crippen molar-refractivity contribution < 1.29 is 9.53 Å². The van der Waals surface area contributed by atoms with E-state index in [9.17, 15) is 4.79 Å². The van der Waals surface area contributed by atoms with Gasteiger partial charge in [-0.3, -0.25) is 4.79 Å². The third-order valence-corrected chi connectivity index (χ3v) is 3.47. The molecule has 1 aromatic rings. The van der Waals surface area contributed by atoms with E-state index in [4.69, 9.17) is 4.74 Å². The molecule has 2 nitrogen and oxygen atoms in total. The van der Waals surface area contributed by atoms with Crippen molar-refractivity contribution >= 4 is 21.7 Å². The van der Waals surface area contributed by atoms with Crippen LogP contribution in [0.5, 0.6) is 5.75 Å². The number of carbonyl (C=O) groups excluding carboxylic acids is 1. The number of halogens is 1. The molecule has 1 atom stereocenters. The first-order valence-electron chi connectivity index (χ1n) is 5.91. The molecule has 0 amide bonds. The summed E-state index contributed by atoms with van der Waals surface area (Å²) in [5.74, 6) is 1.41. The van der Waals surface area contributed by atoms with Gasteiger partial charge >= 0.3 is 0 Å². The van der Waals surface area contributed by atoms with E-state index in [1.54, 1.807) is 0 Å². The Morgan fingerprint density at radius 1 is 1.47 bits per heavy atom. The van der Waals surface area contributed by atoms with E-state index < -0.39 is 0 Å². The molecule has 1 heterocycles. The number of carbonyl (C=O) groups is 1. The van der Waals surface area contributed by atoms with Crippen LogP contribution in [0.1, 0.15) is 44.0 Å². The third kappa shape index (κ3) is 2.71. The Bertz CT molecular complexity index is 454. The maximum absolute atomic E-state index is 12.1. The summed E-state index contributed by atoms with van der Waals surface area (Å²) in [5.41, 5.74) is 0.340. The predicted octanol–water partition coefficient (Wildman–Crippen LogP) is 4.22. The lowest BCUT2D eigenvalue weighted by Gasteiger charge is -2.36. The highest BCUT2D eigenvalue weighted by molar-refractivity contribution is 9.10. The second-order valence-corrected chi connectivity index (χ2v) is 6.31. The number of rotatable bonds is 2. The van der Waals surface area contributed by atoms with Gasteiger partial charge < -0.3 is 4.74 Å². The van der Waals surface area contributed by atoms with Gasteiger partial charge in [-0.2, -0.15) is 0 Å². The van der Waals surface area contributed by atoms with Gasteiger partial charge in [0, 0.05) is 4.47 Å². The van der Waals surface area contributed by atoms with Crippen molar-refractivity contribution in [1.82, 2.24) is 0 Å². The first kappa shape index (κ1) is 12.6. The summed E-state index contributed by atoms with van der Waals surface area (Å²) in [4.78, 5) is 12.1. The first-order valence-corrected chi connectivity index (χ1v) is 6.71. The number of benzene rings is 1. The van der Waals surface area contributed by atoms with Crippen LogP contribution in [0, 0.1) is 5.92 Å². The molecular weight excluding hydrogens is 280 g/mol. The Balaban J connectivity index is 2.33. The van der Waals surface area contributed by atoms with Crippen molar-refractivity contribution in [3.63, 3.8) is 0 Å². The van der Waals surface area contributed by atoms with Gasteiger partial charge in [0.05, 0.1) is 12.0 Å². The monoisotopic (exact) mass is 296 g/mol. The summed E-state index contributed by atoms with van der Waals surface area (Å²) >= 11 is 3.38. The van der Waals surface area contributed by atoms with Crippen molar-refractivity contribution in [1.29, 1.82) is 0 Å². The molecular formula is C14H17BrO2. The molecule has 92 valence electrons. The van der Waals surface area contributed by atoms with Crippen molar-refractivity contribution in [2.24, 2.45) is 5.92 Å². The van der Waals surface area contributed by atoms with Gasteiger partial charge in [0.1, 0.15) is 11.4 Å². The topological polar surface area (TPSA) is 26.3 Å². The number of hydrogen-bond donors (Lipinski definition) is 0. The molecule has 0 aliphatic carbocycles. The second-order valence-electron chi connectivity index (χ2n) is 5.39. The maximum atomic E-state index is 12.1. The number of fused-ring (bicyclic) bond motifs is 1. The lowest BCUT2D eigenvalue weighted by atomic mass is 9.85. The summed E-state index contributed by atoms with van der Waals surface area (Å²) in [7, 11) is 0. The predicted molar refractivity (Wildman–Crippen MR) is 71.6 cm³/mol. The van der Waals surface area contributed by atoms with Gasteiger partial charge in [0.15, 0.2) is 5.78 Å². The Morgan fingerprint density at radius 2 is 2.18 bits per heavy atom. The van der Waals surface area contributed by atoms with Crippen molar-refractivity contribution in [2.75, 3.05) is 0 Å². The van der Waals surface area contributed by atoms with Gasteiger partial charge in [-0.1, -0.05) is 29.8 Å². The van der Waals surface area contributed by atoms with E-state index in [0.717, 1.165) is 10.9 Å². The van der Waals surface area contributed by atoms with Crippen LogP contribution in [0.15, 0.2) is 22.7 Å². The quantitative estimate of drug-likeness (QED) is 0.817. The molecule has 1 aliphatic rings. The molecule has 0 N–H and O–H groups in total. The zero-order chi connectivity index (χ0) is 12.6. The molecule has 1 unspecified atom stereocenters. The minimum atomic E-state index is -0.355. The molecule has 0 saturated heterocycles. The van der Waals surface area contributed by atoms with Crippen LogP contribution in [-0.2, 0) is 0 Å². The van der Waals surface area contributed by atoms with E-state index in [1.165, 1.54) is 0 Å². The second kappa shape index (κ2) is 4.45. The fourth-order valence-electron chi connectivity index (χ4n) is 2.52. The van der Waals surface area contributed by atoms with Crippen LogP contribution in [-0.4, -0.2) is 11.4 Å². The molecule has 0 saturated carbocycles. The average molecular weight is 297 g/mol. The van der Waals surface area contributed by atoms with E-state index in [2.05, 4.69) is 29.8 Å². The zero-order valence-electron chi connectivity index (χ0n) is 10.4. The van der Waals surface area contributed by atoms with Crippen molar-refractivity contribution in [2.45, 2.75) is 39.2 Å². The molecule has 0 fully saturated rings. The van der Waals surface area contributed by atoms with Crippen LogP contribution in [0.25, 0.3) is 0 Å². The highest BCUT2D eigenvalue weighted by atomic mass is 79.9. The summed E-state index contributed by atoms with van der Waals surface area (Å²) in [6.07, 6.45) is 1.36. The van der Waals surface area contributed by atoms with E-state index in [1.807, 2.05) is 25.1 Å². The Morgan fingerprint density at radius 3 is 2.82 bits per heavy atom. The minimum absolute atomic E-state index is 0.177. The van der Waals surface area contributed by atoms with Crippen LogP contribution in [0.4, 0.5) is 0 Å². The van der Waals surface area contributed by atoms with Crippen LogP contribution < -0.4 is 4.74 Å². The molecule has 0 aromatic heterocycles. The van der Waals surface area contributed by atoms with Crippen molar-refractivity contribution in [3.8, 4) is 5.75 Å². The fourth-order valence-corrected chi connectivity index (χ4v) is 2.88. The van der Waals surface area contributed by atoms with Crippen molar-refractivity contribution in [3.05, 3.63) is 28.2 Å². The van der Waals surface area contributed by atoms with Gasteiger partial charge in [0.2, 0.25) is 0 Å². The average Bonchev–Trinajstić information content (AvgIpc) is 2.17. The lowest BCUT2D eigenvalue weighted by molar-refractivity contribution is 0.0392. The van der Waals surface area contributed by atoms with Gasteiger partial charge in [0.25, 0.3) is 0 Å². The first-order chi connectivity index (χ1) is 7.89. The highest BCUT2D eigenvalue weighted by Gasteiger charge is 2.36. The van der Waals surface area contributed by atoms with E-state index in [-0.39, 0.29) is 11.4 Å². The van der Waals surface area contributed by atoms with E-state index in [0.29, 0.717) is 23.7 Å². The van der Waals surface area contributed by atoms with Gasteiger partial charge in [-0.05, 0) is 37.5 Å². The summed E-state index contributed by atoms with van der Waals surface area (Å²) in [6.45, 7) is 6.32. The Hall–Kier alpha value is -0.830. The van der Waals surface area contributed by atoms with Crippen LogP contribution in [0.3, 0.4) is 0 Å². The summed E-state index contributed by atoms with van der Waals surface area (Å²) < 4.78 is 6.93. The zero-order valence-corrected chi connectivity index (χ0v) is 12.0. The smallest absolute Gasteiger partial charge is 0.170 e. The van der Waals surface area contributed by atoms with E-state index >= 15 is 0 Å². The number of hydrogen-bond acceptors (Lipinski definition) is 2. The summed E-state index contributed by atoms with van der Waals surface area (Å²) in [5, 5.41) is 0. The summed E-state index contributed by atoms with van der Waals surface area (Å²) in [6, 6.07) is 5.62. The number of ketones is 1. The molecule has 17 heavy (non-hydrogen) atoms. The Labute approximate surface area is 110 Å². The SMILES string of the molecule is CC(C)CC1(C)CC(=O)c2cc(Br)ccc2O1. The molecule has 2 rings (SSSR count). The highest BCUT2D eigenvalue weighted by Crippen LogP contribution is 2.37. The number of Topliss-reactive ketones (excluding diaryl/α,β-unsaturated/α-hetero) is 1. The largest absolute Gasteiger partial charge is 0.486 e. The van der Waals surface area contributed by atoms with Crippen LogP contribution >= 0.6 is 15.9 Å². The molecule has 3 heteroatoms. The van der Waals surface area contributed by atoms with Crippen LogP contribution in [0.2, 0.25) is 0 Å². The lowest BCUT2D eigenvalue weighted by Crippen LogP contribution is -2.40. The maximum Gasteiger partial charge on any atom is 0.170 e. The third-order valence-electron chi connectivity index (χ3n) is 2.97.